The van der Waals surface area contributed by atoms with Gasteiger partial charge >= 0.3 is 5.97 Å². The number of carboxylic acids is 1. The van der Waals surface area contributed by atoms with Gasteiger partial charge in [-0.3, -0.25) is 0 Å². The highest BCUT2D eigenvalue weighted by Crippen LogP contribution is 2.23. The van der Waals surface area contributed by atoms with Gasteiger partial charge in [-0.2, -0.15) is 4.31 Å². The van der Waals surface area contributed by atoms with E-state index < -0.39 is 42.1 Å². The fourth-order valence-electron chi connectivity index (χ4n) is 1.96. The predicted molar refractivity (Wildman–Crippen MR) is 70.8 cm³/mol. The lowest BCUT2D eigenvalue weighted by Gasteiger charge is -2.26. The molecule has 0 atom stereocenters. The first kappa shape index (κ1) is 15.9. The van der Waals surface area contributed by atoms with Gasteiger partial charge in [0.25, 0.3) is 0 Å². The van der Waals surface area contributed by atoms with Crippen LogP contribution < -0.4 is 0 Å². The van der Waals surface area contributed by atoms with Crippen molar-refractivity contribution in [2.45, 2.75) is 4.90 Å². The molecule has 1 N–H and O–H groups in total. The van der Waals surface area contributed by atoms with Crippen molar-refractivity contribution in [3.8, 4) is 0 Å². The van der Waals surface area contributed by atoms with Crippen molar-refractivity contribution in [1.29, 1.82) is 0 Å². The van der Waals surface area contributed by atoms with Crippen LogP contribution >= 0.6 is 0 Å². The normalized spacial score (nSPS) is 19.3. The Balaban J connectivity index is 2.45. The average Bonchev–Trinajstić information content (AvgIpc) is 2.37. The number of carbonyl (C=O) groups is 1. The summed E-state index contributed by atoms with van der Waals surface area (Å²) in [7, 11) is -7.55. The minimum absolute atomic E-state index is 0.278. The molecular formula is C11H12FNO6S2. The highest BCUT2D eigenvalue weighted by atomic mass is 32.2. The van der Waals surface area contributed by atoms with Crippen molar-refractivity contribution in [3.05, 3.63) is 29.6 Å². The van der Waals surface area contributed by atoms with Gasteiger partial charge in [-0.25, -0.2) is 26.0 Å². The van der Waals surface area contributed by atoms with Crippen molar-refractivity contribution >= 4 is 25.8 Å². The van der Waals surface area contributed by atoms with Crippen LogP contribution in [0.25, 0.3) is 0 Å². The maximum absolute atomic E-state index is 13.3. The maximum Gasteiger partial charge on any atom is 0.337 e. The third kappa shape index (κ3) is 3.22. The lowest BCUT2D eigenvalue weighted by atomic mass is 10.2. The smallest absolute Gasteiger partial charge is 0.337 e. The van der Waals surface area contributed by atoms with E-state index in [4.69, 9.17) is 5.11 Å². The monoisotopic (exact) mass is 337 g/mol. The summed E-state index contributed by atoms with van der Waals surface area (Å²) in [6.45, 7) is -0.555. The molecule has 1 fully saturated rings. The number of nitrogens with zero attached hydrogens (tertiary/aromatic N) is 1. The Morgan fingerprint density at radius 3 is 2.33 bits per heavy atom. The van der Waals surface area contributed by atoms with Crippen LogP contribution in [0.3, 0.4) is 0 Å². The first-order valence-corrected chi connectivity index (χ1v) is 9.13. The maximum atomic E-state index is 13.3. The van der Waals surface area contributed by atoms with E-state index in [0.717, 1.165) is 16.4 Å². The Bertz CT molecular complexity index is 773. The van der Waals surface area contributed by atoms with Crippen LogP contribution in [-0.4, -0.2) is 56.8 Å². The molecule has 1 saturated heterocycles. The van der Waals surface area contributed by atoms with Crippen molar-refractivity contribution in [1.82, 2.24) is 4.31 Å². The zero-order valence-corrected chi connectivity index (χ0v) is 12.3. The van der Waals surface area contributed by atoms with Crippen LogP contribution in [0.4, 0.5) is 4.39 Å². The Morgan fingerprint density at radius 2 is 1.81 bits per heavy atom. The molecule has 1 aromatic carbocycles. The van der Waals surface area contributed by atoms with Crippen molar-refractivity contribution < 1.29 is 31.1 Å². The van der Waals surface area contributed by atoms with Gasteiger partial charge in [0.05, 0.1) is 22.0 Å². The fourth-order valence-corrected chi connectivity index (χ4v) is 5.03. The number of hydrogen-bond donors (Lipinski definition) is 1. The number of sulfonamides is 1. The summed E-state index contributed by atoms with van der Waals surface area (Å²) in [6, 6.07) is 2.34. The molecule has 10 heteroatoms. The molecular weight excluding hydrogens is 325 g/mol. The quantitative estimate of drug-likeness (QED) is 0.828. The lowest BCUT2D eigenvalue weighted by molar-refractivity contribution is 0.0692. The van der Waals surface area contributed by atoms with E-state index in [1.54, 1.807) is 0 Å². The SMILES string of the molecule is O=C(O)c1ccc(F)cc1S(=O)(=O)N1CCS(=O)(=O)CC1. The standard InChI is InChI=1S/C11H12FNO6S2/c12-8-1-2-9(11(14)15)10(7-8)21(18,19)13-3-5-20(16,17)6-4-13/h1-2,7H,3-6H2,(H,14,15). The first-order chi connectivity index (χ1) is 9.63. The van der Waals surface area contributed by atoms with Crippen LogP contribution in [0.15, 0.2) is 23.1 Å². The Morgan fingerprint density at radius 1 is 1.24 bits per heavy atom. The second-order valence-corrected chi connectivity index (χ2v) is 8.71. The molecule has 0 unspecified atom stereocenters. The number of aromatic carboxylic acids is 1. The van der Waals surface area contributed by atoms with E-state index in [1.165, 1.54) is 0 Å². The molecule has 1 aromatic rings. The average molecular weight is 337 g/mol. The molecule has 0 radical (unpaired) electrons. The molecule has 2 rings (SSSR count). The van der Waals surface area contributed by atoms with E-state index in [9.17, 15) is 26.0 Å². The molecule has 0 saturated carbocycles. The van der Waals surface area contributed by atoms with Gasteiger partial charge in [-0.1, -0.05) is 0 Å². The molecule has 1 aliphatic rings. The second-order valence-electron chi connectivity index (χ2n) is 4.50. The van der Waals surface area contributed by atoms with Gasteiger partial charge in [-0.15, -0.1) is 0 Å². The lowest BCUT2D eigenvalue weighted by Crippen LogP contribution is -2.44. The van der Waals surface area contributed by atoms with Crippen molar-refractivity contribution in [2.24, 2.45) is 0 Å². The summed E-state index contributed by atoms with van der Waals surface area (Å²) in [4.78, 5) is 10.4. The minimum Gasteiger partial charge on any atom is -0.478 e. The highest BCUT2D eigenvalue weighted by Gasteiger charge is 2.33. The largest absolute Gasteiger partial charge is 0.478 e. The topological polar surface area (TPSA) is 109 Å². The highest BCUT2D eigenvalue weighted by molar-refractivity contribution is 7.92. The number of carboxylic acid groups (broad SMARTS) is 1. The molecule has 0 aliphatic carbocycles. The fraction of sp³-hybridized carbons (Fsp3) is 0.364. The summed E-state index contributed by atoms with van der Waals surface area (Å²) < 4.78 is 61.5. The minimum atomic E-state index is -4.26. The summed E-state index contributed by atoms with van der Waals surface area (Å²) >= 11 is 0. The van der Waals surface area contributed by atoms with Crippen LogP contribution in [-0.2, 0) is 19.9 Å². The molecule has 0 aromatic heterocycles. The van der Waals surface area contributed by atoms with E-state index in [1.807, 2.05) is 0 Å². The van der Waals surface area contributed by atoms with Crippen LogP contribution in [0, 0.1) is 5.82 Å². The van der Waals surface area contributed by atoms with Crippen molar-refractivity contribution in [3.63, 3.8) is 0 Å². The van der Waals surface area contributed by atoms with E-state index >= 15 is 0 Å². The van der Waals surface area contributed by atoms with E-state index in [-0.39, 0.29) is 24.6 Å². The number of rotatable bonds is 3. The second kappa shape index (κ2) is 5.35. The van der Waals surface area contributed by atoms with Crippen LogP contribution in [0.2, 0.25) is 0 Å². The molecule has 21 heavy (non-hydrogen) atoms. The third-order valence-electron chi connectivity index (χ3n) is 3.10. The van der Waals surface area contributed by atoms with Crippen LogP contribution in [0.5, 0.6) is 0 Å². The number of halogens is 1. The van der Waals surface area contributed by atoms with Gasteiger partial charge in [0.2, 0.25) is 10.0 Å². The summed E-state index contributed by atoms with van der Waals surface area (Å²) in [5.74, 6) is -3.07. The molecule has 116 valence electrons. The Kier molecular flexibility index (Phi) is 4.04. The zero-order valence-electron chi connectivity index (χ0n) is 10.7. The third-order valence-corrected chi connectivity index (χ3v) is 6.64. The van der Waals surface area contributed by atoms with Gasteiger partial charge < -0.3 is 5.11 Å². The first-order valence-electron chi connectivity index (χ1n) is 5.87. The zero-order chi connectivity index (χ0) is 15.8. The van der Waals surface area contributed by atoms with Crippen LogP contribution in [0.1, 0.15) is 10.4 Å². The number of sulfone groups is 1. The van der Waals surface area contributed by atoms with Gasteiger partial charge in [0.15, 0.2) is 9.84 Å². The summed E-state index contributed by atoms with van der Waals surface area (Å²) in [5, 5.41) is 9.00. The molecule has 0 amide bonds. The van der Waals surface area contributed by atoms with E-state index in [0.29, 0.717) is 6.07 Å². The molecule has 0 bridgehead atoms. The molecule has 7 nitrogen and oxygen atoms in total. The summed E-state index contributed by atoms with van der Waals surface area (Å²) in [5.41, 5.74) is -0.551. The predicted octanol–water partition coefficient (Wildman–Crippen LogP) is -0.0570. The summed E-state index contributed by atoms with van der Waals surface area (Å²) in [6.07, 6.45) is 0. The van der Waals surface area contributed by atoms with Gasteiger partial charge in [0.1, 0.15) is 5.82 Å². The number of hydrogen-bond acceptors (Lipinski definition) is 5. The molecule has 1 heterocycles. The van der Waals surface area contributed by atoms with Crippen molar-refractivity contribution in [2.75, 3.05) is 24.6 Å². The van der Waals surface area contributed by atoms with Gasteiger partial charge in [-0.05, 0) is 18.2 Å². The molecule has 0 spiro atoms. The molecule has 1 aliphatic heterocycles. The van der Waals surface area contributed by atoms with Gasteiger partial charge in [0, 0.05) is 13.1 Å². The van der Waals surface area contributed by atoms with E-state index in [2.05, 4.69) is 0 Å². The number of benzene rings is 1. The Hall–Kier alpha value is -1.52. The Labute approximate surface area is 121 Å².